The van der Waals surface area contributed by atoms with Crippen LogP contribution in [0.25, 0.3) is 6.08 Å². The minimum atomic E-state index is -0.890. The molecule has 0 saturated carbocycles. The van der Waals surface area contributed by atoms with Gasteiger partial charge in [0.05, 0.1) is 0 Å². The average Bonchev–Trinajstić information content (AvgIpc) is 2.73. The monoisotopic (exact) mass is 273 g/mol. The fourth-order valence-electron chi connectivity index (χ4n) is 1.99. The summed E-state index contributed by atoms with van der Waals surface area (Å²) in [4.78, 5) is 2.42. The second-order valence-electron chi connectivity index (χ2n) is 3.99. The number of benzene rings is 2. The van der Waals surface area contributed by atoms with Gasteiger partial charge >= 0.3 is 100 Å². The van der Waals surface area contributed by atoms with Gasteiger partial charge in [0.1, 0.15) is 0 Å². The number of rotatable bonds is 1. The molecule has 0 aliphatic carbocycles. The van der Waals surface area contributed by atoms with Crippen LogP contribution in [-0.4, -0.2) is 13.9 Å². The van der Waals surface area contributed by atoms with E-state index in [0.29, 0.717) is 0 Å². The van der Waals surface area contributed by atoms with Crippen LogP contribution in [-0.2, 0) is 0 Å². The zero-order chi connectivity index (χ0) is 11.0. The van der Waals surface area contributed by atoms with E-state index in [9.17, 15) is 0 Å². The molecule has 3 rings (SSSR count). The summed E-state index contributed by atoms with van der Waals surface area (Å²) < 4.78 is 3.05. The molecule has 0 spiro atoms. The number of aryl methyl sites for hydroxylation is 1. The van der Waals surface area contributed by atoms with Gasteiger partial charge in [-0.15, -0.1) is 0 Å². The summed E-state index contributed by atoms with van der Waals surface area (Å²) in [6.45, 7) is 2.16. The summed E-state index contributed by atoms with van der Waals surface area (Å²) in [5.41, 5.74) is 2.78. The van der Waals surface area contributed by atoms with Crippen LogP contribution in [0.1, 0.15) is 11.1 Å². The predicted octanol–water partition coefficient (Wildman–Crippen LogP) is 2.17. The van der Waals surface area contributed by atoms with E-state index in [0.717, 1.165) is 0 Å². The van der Waals surface area contributed by atoms with Gasteiger partial charge in [-0.25, -0.2) is 0 Å². The van der Waals surface area contributed by atoms with E-state index < -0.39 is 13.9 Å². The summed E-state index contributed by atoms with van der Waals surface area (Å²) in [7, 11) is 0. The first-order valence-corrected chi connectivity index (χ1v) is 8.12. The van der Waals surface area contributed by atoms with E-state index in [1.165, 1.54) is 15.6 Å². The zero-order valence-corrected chi connectivity index (χ0v) is 10.9. The molecule has 1 aliphatic heterocycles. The maximum absolute atomic E-state index is 2.42. The minimum absolute atomic E-state index is 0.890. The van der Waals surface area contributed by atoms with Gasteiger partial charge in [-0.2, -0.15) is 0 Å². The van der Waals surface area contributed by atoms with E-state index in [1.54, 1.807) is 4.46 Å². The molecule has 1 aliphatic rings. The molecule has 1 radical (unpaired) electrons. The van der Waals surface area contributed by atoms with Crippen molar-refractivity contribution in [3.63, 3.8) is 0 Å². The van der Waals surface area contributed by atoms with Gasteiger partial charge in [-0.3, -0.25) is 0 Å². The summed E-state index contributed by atoms with van der Waals surface area (Å²) in [5.74, 6) is 0. The van der Waals surface area contributed by atoms with E-state index in [-0.39, 0.29) is 0 Å². The number of hydrogen-bond acceptors (Lipinski definition) is 0. The third kappa shape index (κ3) is 1.63. The van der Waals surface area contributed by atoms with Crippen molar-refractivity contribution in [2.75, 3.05) is 0 Å². The van der Waals surface area contributed by atoms with E-state index >= 15 is 0 Å². The summed E-state index contributed by atoms with van der Waals surface area (Å²) >= 11 is -0.890. The van der Waals surface area contributed by atoms with Gasteiger partial charge in [0, 0.05) is 0 Å². The molecule has 0 fully saturated rings. The molecular weight excluding hydrogens is 259 g/mol. The van der Waals surface area contributed by atoms with Crippen molar-refractivity contribution in [3.05, 3.63) is 64.6 Å². The Kier molecular flexibility index (Phi) is 2.43. The van der Waals surface area contributed by atoms with Crippen molar-refractivity contribution in [1.29, 1.82) is 0 Å². The molecule has 79 valence electrons. The molecule has 0 bridgehead atoms. The van der Waals surface area contributed by atoms with Crippen LogP contribution in [0.4, 0.5) is 0 Å². The molecule has 0 nitrogen and oxygen atoms in total. The van der Waals surface area contributed by atoms with Crippen LogP contribution >= 0.6 is 0 Å². The second kappa shape index (κ2) is 3.93. The van der Waals surface area contributed by atoms with E-state index in [4.69, 9.17) is 0 Å². The fraction of sp³-hybridized carbons (Fsp3) is 0.0667. The van der Waals surface area contributed by atoms with Crippen LogP contribution in [0.2, 0.25) is 0 Å². The number of fused-ring (bicyclic) bond motifs is 1. The number of hydrogen-bond donors (Lipinski definition) is 0. The predicted molar refractivity (Wildman–Crippen MR) is 71.7 cm³/mol. The topological polar surface area (TPSA) is 0 Å². The molecule has 0 saturated heterocycles. The van der Waals surface area contributed by atoms with E-state index in [1.807, 2.05) is 0 Å². The van der Waals surface area contributed by atoms with Gasteiger partial charge in [0.2, 0.25) is 0 Å². The molecular formula is C15H13Se. The molecule has 0 atom stereocenters. The molecule has 0 unspecified atom stereocenters. The Labute approximate surface area is 101 Å². The van der Waals surface area contributed by atoms with E-state index in [2.05, 4.69) is 66.5 Å². The van der Waals surface area contributed by atoms with Crippen molar-refractivity contribution in [1.82, 2.24) is 0 Å². The van der Waals surface area contributed by atoms with Crippen LogP contribution in [0, 0.1) is 6.92 Å². The first-order valence-electron chi connectivity index (χ1n) is 5.41. The SMILES string of the molecule is Cc1ccc2c(c1)C=C[Se]2c1ccccc1. The van der Waals surface area contributed by atoms with Crippen LogP contribution in [0.15, 0.2) is 53.5 Å². The van der Waals surface area contributed by atoms with Crippen molar-refractivity contribution < 1.29 is 0 Å². The van der Waals surface area contributed by atoms with Crippen molar-refractivity contribution in [2.45, 2.75) is 6.92 Å². The Balaban J connectivity index is 2.07. The van der Waals surface area contributed by atoms with Gasteiger partial charge in [-0.05, 0) is 0 Å². The van der Waals surface area contributed by atoms with Gasteiger partial charge in [-0.1, -0.05) is 0 Å². The third-order valence-corrected chi connectivity index (χ3v) is 7.05. The van der Waals surface area contributed by atoms with Gasteiger partial charge < -0.3 is 0 Å². The van der Waals surface area contributed by atoms with Crippen molar-refractivity contribution in [2.24, 2.45) is 0 Å². The molecule has 0 N–H and O–H groups in total. The Bertz CT molecular complexity index is 541. The summed E-state index contributed by atoms with van der Waals surface area (Å²) in [5, 5.41) is 0. The maximum atomic E-state index is 2.42. The normalized spacial score (nSPS) is 14.1. The molecule has 2 aromatic carbocycles. The molecule has 0 amide bonds. The first kappa shape index (κ1) is 9.89. The van der Waals surface area contributed by atoms with Crippen LogP contribution in [0.5, 0.6) is 0 Å². The quantitative estimate of drug-likeness (QED) is 0.698. The second-order valence-corrected chi connectivity index (χ2v) is 7.90. The molecule has 2 aromatic rings. The Hall–Kier alpha value is -1.30. The Morgan fingerprint density at radius 3 is 2.56 bits per heavy atom. The first-order chi connectivity index (χ1) is 7.84. The summed E-state index contributed by atoms with van der Waals surface area (Å²) in [6.07, 6.45) is 2.29. The molecule has 0 aromatic heterocycles. The van der Waals surface area contributed by atoms with Crippen molar-refractivity contribution in [3.8, 4) is 0 Å². The fourth-order valence-corrected chi connectivity index (χ4v) is 5.94. The third-order valence-electron chi connectivity index (χ3n) is 2.78. The summed E-state index contributed by atoms with van der Waals surface area (Å²) in [6, 6.07) is 17.7. The van der Waals surface area contributed by atoms with Crippen LogP contribution in [0.3, 0.4) is 0 Å². The molecule has 1 heterocycles. The van der Waals surface area contributed by atoms with Crippen LogP contribution < -0.4 is 8.92 Å². The molecule has 16 heavy (non-hydrogen) atoms. The Morgan fingerprint density at radius 2 is 1.75 bits per heavy atom. The van der Waals surface area contributed by atoms with Gasteiger partial charge in [0.25, 0.3) is 0 Å². The van der Waals surface area contributed by atoms with Gasteiger partial charge in [0.15, 0.2) is 0 Å². The van der Waals surface area contributed by atoms with Crippen molar-refractivity contribution >= 4 is 28.9 Å². The zero-order valence-electron chi connectivity index (χ0n) is 9.18. The standard InChI is InChI=1S/C15H13Se/c1-12-7-8-15-13(11-12)9-10-16(15)14-5-3-2-4-6-14/h2-11H,1H3. The molecule has 1 heteroatoms. The average molecular weight is 272 g/mol. The Morgan fingerprint density at radius 1 is 0.938 bits per heavy atom.